The monoisotopic (exact) mass is 224 g/mol. The summed E-state index contributed by atoms with van der Waals surface area (Å²) in [5.74, 6) is 0.630. The van der Waals surface area contributed by atoms with Crippen LogP contribution in [0.4, 0.5) is 0 Å². The fraction of sp³-hybridized carbons (Fsp3) is 0.786. The molecule has 0 spiro atoms. The molecule has 0 bridgehead atoms. The first kappa shape index (κ1) is 13.3. The molecule has 92 valence electrons. The van der Waals surface area contributed by atoms with E-state index in [9.17, 15) is 4.79 Å². The lowest BCUT2D eigenvalue weighted by Crippen LogP contribution is -2.22. The van der Waals surface area contributed by atoms with E-state index >= 15 is 0 Å². The van der Waals surface area contributed by atoms with Crippen LogP contribution in [0, 0.1) is 11.3 Å². The molecule has 1 aliphatic heterocycles. The summed E-state index contributed by atoms with van der Waals surface area (Å²) in [6.07, 6.45) is 6.39. The molecule has 0 N–H and O–H groups in total. The smallest absolute Gasteiger partial charge is 0.312 e. The van der Waals surface area contributed by atoms with Crippen molar-refractivity contribution in [2.75, 3.05) is 6.61 Å². The van der Waals surface area contributed by atoms with Crippen molar-refractivity contribution in [1.82, 2.24) is 0 Å². The Kier molecular flexibility index (Phi) is 4.57. The maximum absolute atomic E-state index is 11.6. The quantitative estimate of drug-likeness (QED) is 0.525. The minimum atomic E-state index is -0.271. The second-order valence-corrected chi connectivity index (χ2v) is 5.21. The molecule has 1 saturated heterocycles. The van der Waals surface area contributed by atoms with Crippen LogP contribution in [0.25, 0.3) is 0 Å². The molecule has 1 aliphatic rings. The van der Waals surface area contributed by atoms with Crippen LogP contribution in [-0.4, -0.2) is 12.6 Å². The SMILES string of the molecule is CCC(/C=C(\C)CC1(C)CCOC1=O)CC. The number of cyclic esters (lactones) is 1. The number of esters is 1. The van der Waals surface area contributed by atoms with Crippen molar-refractivity contribution in [3.05, 3.63) is 11.6 Å². The van der Waals surface area contributed by atoms with E-state index in [1.807, 2.05) is 6.92 Å². The van der Waals surface area contributed by atoms with Gasteiger partial charge in [0.1, 0.15) is 0 Å². The van der Waals surface area contributed by atoms with Gasteiger partial charge in [0, 0.05) is 0 Å². The molecule has 16 heavy (non-hydrogen) atoms. The summed E-state index contributed by atoms with van der Waals surface area (Å²) >= 11 is 0. The van der Waals surface area contributed by atoms with Crippen LogP contribution >= 0.6 is 0 Å². The lowest BCUT2D eigenvalue weighted by atomic mass is 9.81. The average molecular weight is 224 g/mol. The summed E-state index contributed by atoms with van der Waals surface area (Å²) in [5.41, 5.74) is 1.06. The van der Waals surface area contributed by atoms with Gasteiger partial charge in [-0.3, -0.25) is 4.79 Å². The molecule has 0 aromatic heterocycles. The fourth-order valence-corrected chi connectivity index (χ4v) is 2.41. The molecule has 0 saturated carbocycles. The van der Waals surface area contributed by atoms with E-state index in [-0.39, 0.29) is 11.4 Å². The van der Waals surface area contributed by atoms with Gasteiger partial charge >= 0.3 is 5.97 Å². The van der Waals surface area contributed by atoms with Crippen LogP contribution in [0.3, 0.4) is 0 Å². The lowest BCUT2D eigenvalue weighted by molar-refractivity contribution is -0.145. The Balaban J connectivity index is 2.62. The topological polar surface area (TPSA) is 26.3 Å². The number of hydrogen-bond acceptors (Lipinski definition) is 2. The van der Waals surface area contributed by atoms with Crippen molar-refractivity contribution in [1.29, 1.82) is 0 Å². The van der Waals surface area contributed by atoms with Gasteiger partial charge in [-0.2, -0.15) is 0 Å². The number of ether oxygens (including phenoxy) is 1. The maximum Gasteiger partial charge on any atom is 0.312 e. The normalized spacial score (nSPS) is 26.3. The van der Waals surface area contributed by atoms with Crippen LogP contribution in [0.1, 0.15) is 53.4 Å². The Morgan fingerprint density at radius 1 is 1.50 bits per heavy atom. The van der Waals surface area contributed by atoms with E-state index in [1.165, 1.54) is 18.4 Å². The highest BCUT2D eigenvalue weighted by Crippen LogP contribution is 2.36. The molecule has 0 aromatic carbocycles. The number of carbonyl (C=O) groups is 1. The zero-order valence-corrected chi connectivity index (χ0v) is 11.0. The molecule has 1 atom stereocenters. The van der Waals surface area contributed by atoms with Gasteiger partial charge < -0.3 is 4.74 Å². The van der Waals surface area contributed by atoms with E-state index in [0.29, 0.717) is 12.5 Å². The Labute approximate surface area is 99.1 Å². The van der Waals surface area contributed by atoms with Gasteiger partial charge in [-0.15, -0.1) is 0 Å². The summed E-state index contributed by atoms with van der Waals surface area (Å²) in [7, 11) is 0. The Morgan fingerprint density at radius 3 is 2.56 bits per heavy atom. The van der Waals surface area contributed by atoms with Crippen molar-refractivity contribution < 1.29 is 9.53 Å². The summed E-state index contributed by atoms with van der Waals surface area (Å²) in [6.45, 7) is 9.17. The predicted octanol–water partition coefficient (Wildman–Crippen LogP) is 3.71. The molecule has 2 heteroatoms. The molecule has 0 radical (unpaired) electrons. The first-order chi connectivity index (χ1) is 7.51. The third-order valence-electron chi connectivity index (χ3n) is 3.62. The van der Waals surface area contributed by atoms with Crippen molar-refractivity contribution in [3.63, 3.8) is 0 Å². The van der Waals surface area contributed by atoms with E-state index in [1.54, 1.807) is 0 Å². The molecule has 1 rings (SSSR count). The molecule has 0 aliphatic carbocycles. The summed E-state index contributed by atoms with van der Waals surface area (Å²) in [4.78, 5) is 11.6. The van der Waals surface area contributed by atoms with E-state index < -0.39 is 0 Å². The van der Waals surface area contributed by atoms with Crippen LogP contribution < -0.4 is 0 Å². The van der Waals surface area contributed by atoms with Gasteiger partial charge in [0.25, 0.3) is 0 Å². The second-order valence-electron chi connectivity index (χ2n) is 5.21. The molecule has 0 aromatic rings. The second kappa shape index (κ2) is 5.51. The number of hydrogen-bond donors (Lipinski definition) is 0. The highest BCUT2D eigenvalue weighted by molar-refractivity contribution is 5.78. The third-order valence-corrected chi connectivity index (χ3v) is 3.62. The van der Waals surface area contributed by atoms with Crippen LogP contribution in [0.15, 0.2) is 11.6 Å². The Morgan fingerprint density at radius 2 is 2.12 bits per heavy atom. The lowest BCUT2D eigenvalue weighted by Gasteiger charge is -2.20. The minimum Gasteiger partial charge on any atom is -0.465 e. The first-order valence-electron chi connectivity index (χ1n) is 6.36. The van der Waals surface area contributed by atoms with Crippen LogP contribution in [-0.2, 0) is 9.53 Å². The predicted molar refractivity (Wildman–Crippen MR) is 66.1 cm³/mol. The van der Waals surface area contributed by atoms with Crippen molar-refractivity contribution in [2.45, 2.75) is 53.4 Å². The Hall–Kier alpha value is -0.790. The Bertz CT molecular complexity index is 276. The highest BCUT2D eigenvalue weighted by atomic mass is 16.5. The van der Waals surface area contributed by atoms with E-state index in [0.717, 1.165) is 12.8 Å². The zero-order valence-electron chi connectivity index (χ0n) is 11.0. The highest BCUT2D eigenvalue weighted by Gasteiger charge is 2.39. The van der Waals surface area contributed by atoms with Gasteiger partial charge in [-0.25, -0.2) is 0 Å². The molecule has 1 unspecified atom stereocenters. The van der Waals surface area contributed by atoms with Crippen LogP contribution in [0.2, 0.25) is 0 Å². The molecular weight excluding hydrogens is 200 g/mol. The third kappa shape index (κ3) is 3.10. The molecule has 2 nitrogen and oxygen atoms in total. The van der Waals surface area contributed by atoms with Gasteiger partial charge in [-0.1, -0.05) is 25.5 Å². The standard InChI is InChI=1S/C14H24O2/c1-5-12(6-2)9-11(3)10-14(4)7-8-16-13(14)15/h9,12H,5-8,10H2,1-4H3/b11-9+. The molecular formula is C14H24O2. The summed E-state index contributed by atoms with van der Waals surface area (Å²) in [5, 5.41) is 0. The van der Waals surface area contributed by atoms with Crippen molar-refractivity contribution >= 4 is 5.97 Å². The largest absolute Gasteiger partial charge is 0.465 e. The number of carbonyl (C=O) groups excluding carboxylic acids is 1. The van der Waals surface area contributed by atoms with Crippen molar-refractivity contribution in [3.8, 4) is 0 Å². The first-order valence-corrected chi connectivity index (χ1v) is 6.36. The van der Waals surface area contributed by atoms with Gasteiger partial charge in [0.15, 0.2) is 0 Å². The van der Waals surface area contributed by atoms with Gasteiger partial charge in [0.2, 0.25) is 0 Å². The summed E-state index contributed by atoms with van der Waals surface area (Å²) < 4.78 is 5.06. The van der Waals surface area contributed by atoms with E-state index in [2.05, 4.69) is 26.8 Å². The average Bonchev–Trinajstić information content (AvgIpc) is 2.55. The number of allylic oxidation sites excluding steroid dienone is 2. The minimum absolute atomic E-state index is 0.0233. The number of rotatable bonds is 5. The zero-order chi connectivity index (χ0) is 12.2. The molecule has 1 fully saturated rings. The van der Waals surface area contributed by atoms with E-state index in [4.69, 9.17) is 4.74 Å². The van der Waals surface area contributed by atoms with Crippen LogP contribution in [0.5, 0.6) is 0 Å². The van der Waals surface area contributed by atoms with Crippen molar-refractivity contribution in [2.24, 2.45) is 11.3 Å². The molecule has 1 heterocycles. The van der Waals surface area contributed by atoms with Gasteiger partial charge in [0.05, 0.1) is 12.0 Å². The van der Waals surface area contributed by atoms with Gasteiger partial charge in [-0.05, 0) is 45.4 Å². The summed E-state index contributed by atoms with van der Waals surface area (Å²) in [6, 6.07) is 0. The maximum atomic E-state index is 11.6. The fourth-order valence-electron chi connectivity index (χ4n) is 2.41. The molecule has 0 amide bonds.